The highest BCUT2D eigenvalue weighted by Gasteiger charge is 2.58. The van der Waals surface area contributed by atoms with Gasteiger partial charge in [0.1, 0.15) is 12.4 Å². The van der Waals surface area contributed by atoms with Gasteiger partial charge in [-0.1, -0.05) is 49.2 Å². The van der Waals surface area contributed by atoms with Crippen LogP contribution in [0.5, 0.6) is 5.75 Å². The maximum atomic E-state index is 13.4. The van der Waals surface area contributed by atoms with E-state index >= 15 is 0 Å². The van der Waals surface area contributed by atoms with E-state index in [0.717, 1.165) is 17.8 Å². The fourth-order valence-electron chi connectivity index (χ4n) is 4.58. The monoisotopic (exact) mass is 492 g/mol. The molecule has 10 heteroatoms. The van der Waals surface area contributed by atoms with Crippen molar-refractivity contribution < 1.29 is 31.1 Å². The molecule has 6 nitrogen and oxygen atoms in total. The average Bonchev–Trinajstić information content (AvgIpc) is 3.27. The molecule has 0 radical (unpaired) electrons. The standard InChI is InChI=1S/C24H23F3N2O4S/c1-17(30)29(34(31,32)24(25,26)27)23(14-4-5-15-23)19-9-12-21(13-10-19)33-16-20-11-8-18-6-2-3-7-22(18)28-20/h2-3,6-13H,4-5,14-16H2,1H3. The number of nitrogens with zero attached hydrogens (tertiary/aromatic N) is 2. The second-order valence-corrected chi connectivity index (χ2v) is 10.1. The first-order valence-corrected chi connectivity index (χ1v) is 12.2. The van der Waals surface area contributed by atoms with E-state index in [1.165, 1.54) is 12.1 Å². The summed E-state index contributed by atoms with van der Waals surface area (Å²) in [6.07, 6.45) is 1.23. The summed E-state index contributed by atoms with van der Waals surface area (Å²) >= 11 is 0. The van der Waals surface area contributed by atoms with Crippen LogP contribution in [-0.2, 0) is 27.0 Å². The maximum absolute atomic E-state index is 13.4. The van der Waals surface area contributed by atoms with Crippen molar-refractivity contribution in [3.63, 3.8) is 0 Å². The number of carbonyl (C=O) groups is 1. The lowest BCUT2D eigenvalue weighted by Gasteiger charge is -2.40. The lowest BCUT2D eigenvalue weighted by Crippen LogP contribution is -2.54. The molecule has 1 fully saturated rings. The molecule has 0 spiro atoms. The summed E-state index contributed by atoms with van der Waals surface area (Å²) in [5.41, 5.74) is -5.31. The van der Waals surface area contributed by atoms with Gasteiger partial charge in [0.05, 0.1) is 16.7 Å². The Morgan fingerprint density at radius 2 is 1.68 bits per heavy atom. The topological polar surface area (TPSA) is 76.6 Å². The Kier molecular flexibility index (Phi) is 6.28. The Morgan fingerprint density at radius 1 is 1.03 bits per heavy atom. The van der Waals surface area contributed by atoms with Gasteiger partial charge in [-0.2, -0.15) is 21.6 Å². The van der Waals surface area contributed by atoms with Crippen molar-refractivity contribution in [2.75, 3.05) is 0 Å². The number of hydrogen-bond donors (Lipinski definition) is 0. The number of alkyl halides is 3. The number of fused-ring (bicyclic) bond motifs is 1. The molecule has 3 aromatic rings. The van der Waals surface area contributed by atoms with Gasteiger partial charge in [-0.25, -0.2) is 9.29 Å². The number of aromatic nitrogens is 1. The molecule has 0 unspecified atom stereocenters. The normalized spacial score (nSPS) is 15.9. The molecule has 0 N–H and O–H groups in total. The molecule has 2 aromatic carbocycles. The van der Waals surface area contributed by atoms with Crippen LogP contribution in [0.25, 0.3) is 10.9 Å². The number of amides is 1. The Bertz CT molecular complexity index is 1300. The molecule has 0 aliphatic heterocycles. The lowest BCUT2D eigenvalue weighted by molar-refractivity contribution is -0.130. The smallest absolute Gasteiger partial charge is 0.487 e. The zero-order valence-corrected chi connectivity index (χ0v) is 19.2. The van der Waals surface area contributed by atoms with Crippen LogP contribution in [0.2, 0.25) is 0 Å². The number of sulfonamides is 1. The summed E-state index contributed by atoms with van der Waals surface area (Å²) in [6.45, 7) is 1.02. The zero-order chi connectivity index (χ0) is 24.6. The molecule has 1 saturated carbocycles. The Morgan fingerprint density at radius 3 is 2.29 bits per heavy atom. The number of benzene rings is 2. The third kappa shape index (κ3) is 4.34. The number of rotatable bonds is 6. The highest BCUT2D eigenvalue weighted by Crippen LogP contribution is 2.48. The van der Waals surface area contributed by atoms with E-state index < -0.39 is 27.0 Å². The molecular formula is C24H23F3N2O4S. The van der Waals surface area contributed by atoms with Crippen LogP contribution in [0.1, 0.15) is 43.9 Å². The number of halogens is 3. The minimum absolute atomic E-state index is 0.0296. The molecule has 0 bridgehead atoms. The predicted octanol–water partition coefficient (Wildman–Crippen LogP) is 5.28. The summed E-state index contributed by atoms with van der Waals surface area (Å²) in [4.78, 5) is 16.8. The molecule has 1 aromatic heterocycles. The minimum Gasteiger partial charge on any atom is -0.487 e. The molecule has 0 atom stereocenters. The summed E-state index contributed by atoms with van der Waals surface area (Å²) in [5, 5.41) is 1.00. The maximum Gasteiger partial charge on any atom is 0.516 e. The first kappa shape index (κ1) is 24.0. The fourth-order valence-corrected chi connectivity index (χ4v) is 5.87. The van der Waals surface area contributed by atoms with Crippen LogP contribution >= 0.6 is 0 Å². The van der Waals surface area contributed by atoms with Crippen molar-refractivity contribution in [2.24, 2.45) is 0 Å². The third-order valence-corrected chi connectivity index (χ3v) is 7.75. The largest absolute Gasteiger partial charge is 0.516 e. The third-order valence-electron chi connectivity index (χ3n) is 6.07. The summed E-state index contributed by atoms with van der Waals surface area (Å²) < 4.78 is 70.7. The van der Waals surface area contributed by atoms with Crippen molar-refractivity contribution in [1.82, 2.24) is 9.29 Å². The van der Waals surface area contributed by atoms with Crippen molar-refractivity contribution in [1.29, 1.82) is 0 Å². The first-order chi connectivity index (χ1) is 16.0. The van der Waals surface area contributed by atoms with Gasteiger partial charge in [-0.05, 0) is 42.7 Å². The zero-order valence-electron chi connectivity index (χ0n) is 18.4. The SMILES string of the molecule is CC(=O)N(C1(c2ccc(OCc3ccc4ccccc4n3)cc2)CCCC1)S(=O)(=O)C(F)(F)F. The fraction of sp³-hybridized carbons (Fsp3) is 0.333. The molecule has 1 aliphatic rings. The van der Waals surface area contributed by atoms with E-state index in [4.69, 9.17) is 4.74 Å². The predicted molar refractivity (Wildman–Crippen MR) is 120 cm³/mol. The average molecular weight is 493 g/mol. The Balaban J connectivity index is 1.59. The highest BCUT2D eigenvalue weighted by molar-refractivity contribution is 7.90. The number of hydrogen-bond acceptors (Lipinski definition) is 5. The van der Waals surface area contributed by atoms with Crippen molar-refractivity contribution in [3.05, 3.63) is 71.9 Å². The van der Waals surface area contributed by atoms with Crippen molar-refractivity contribution >= 4 is 26.8 Å². The molecule has 0 saturated heterocycles. The van der Waals surface area contributed by atoms with Gasteiger partial charge < -0.3 is 4.74 Å². The second kappa shape index (κ2) is 8.90. The molecule has 1 aliphatic carbocycles. The van der Waals surface area contributed by atoms with Gasteiger partial charge in [-0.3, -0.25) is 4.79 Å². The quantitative estimate of drug-likeness (QED) is 0.468. The van der Waals surface area contributed by atoms with Crippen molar-refractivity contribution in [2.45, 2.75) is 50.3 Å². The number of para-hydroxylation sites is 1. The van der Waals surface area contributed by atoms with Crippen LogP contribution in [0.4, 0.5) is 13.2 Å². The van der Waals surface area contributed by atoms with E-state index in [-0.39, 0.29) is 23.8 Å². The van der Waals surface area contributed by atoms with Crippen LogP contribution in [0.3, 0.4) is 0 Å². The van der Waals surface area contributed by atoms with E-state index in [9.17, 15) is 26.4 Å². The number of ether oxygens (including phenoxy) is 1. The number of pyridine rings is 1. The Hall–Kier alpha value is -3.14. The van der Waals surface area contributed by atoms with Crippen LogP contribution in [0, 0.1) is 0 Å². The lowest BCUT2D eigenvalue weighted by atomic mass is 9.88. The molecule has 180 valence electrons. The van der Waals surface area contributed by atoms with Crippen LogP contribution in [-0.4, -0.2) is 29.1 Å². The van der Waals surface area contributed by atoms with E-state index in [0.29, 0.717) is 29.8 Å². The summed E-state index contributed by atoms with van der Waals surface area (Å²) in [7, 11) is -5.86. The van der Waals surface area contributed by atoms with Crippen LogP contribution < -0.4 is 4.74 Å². The summed E-state index contributed by atoms with van der Waals surface area (Å²) in [5.74, 6) is -0.721. The number of carbonyl (C=O) groups excluding carboxylic acids is 1. The van der Waals surface area contributed by atoms with E-state index in [1.54, 1.807) is 12.1 Å². The first-order valence-electron chi connectivity index (χ1n) is 10.7. The second-order valence-electron chi connectivity index (χ2n) is 8.28. The van der Waals surface area contributed by atoms with Crippen molar-refractivity contribution in [3.8, 4) is 5.75 Å². The van der Waals surface area contributed by atoms with Gasteiger partial charge in [-0.15, -0.1) is 0 Å². The van der Waals surface area contributed by atoms with Crippen LogP contribution in [0.15, 0.2) is 60.7 Å². The van der Waals surface area contributed by atoms with Gasteiger partial charge in [0.2, 0.25) is 5.91 Å². The summed E-state index contributed by atoms with van der Waals surface area (Å²) in [6, 6.07) is 17.6. The van der Waals surface area contributed by atoms with E-state index in [2.05, 4.69) is 4.98 Å². The molecule has 34 heavy (non-hydrogen) atoms. The Labute approximate surface area is 195 Å². The van der Waals surface area contributed by atoms with Gasteiger partial charge >= 0.3 is 15.5 Å². The molecule has 1 heterocycles. The van der Waals surface area contributed by atoms with Gasteiger partial charge in [0, 0.05) is 12.3 Å². The highest BCUT2D eigenvalue weighted by atomic mass is 32.2. The molecule has 4 rings (SSSR count). The molecular weight excluding hydrogens is 469 g/mol. The molecule has 1 amide bonds. The van der Waals surface area contributed by atoms with Gasteiger partial charge in [0.25, 0.3) is 0 Å². The minimum atomic E-state index is -5.86. The van der Waals surface area contributed by atoms with Gasteiger partial charge in [0.15, 0.2) is 0 Å². The van der Waals surface area contributed by atoms with E-state index in [1.807, 2.05) is 36.4 Å².